The zero-order chi connectivity index (χ0) is 15.8. The number of nitro groups is 1. The summed E-state index contributed by atoms with van der Waals surface area (Å²) in [6, 6.07) is 8.56. The highest BCUT2D eigenvalue weighted by molar-refractivity contribution is 7.91. The molecule has 0 aliphatic heterocycles. The number of sulfone groups is 1. The van der Waals surface area contributed by atoms with Gasteiger partial charge in [-0.15, -0.1) is 0 Å². The molecule has 0 bridgehead atoms. The smallest absolute Gasteiger partial charge is 0.258 e. The van der Waals surface area contributed by atoms with Crippen molar-refractivity contribution in [1.82, 2.24) is 0 Å². The van der Waals surface area contributed by atoms with Crippen molar-refractivity contribution in [3.8, 4) is 0 Å². The van der Waals surface area contributed by atoms with Crippen LogP contribution in [0.3, 0.4) is 0 Å². The fourth-order valence-electron chi connectivity index (χ4n) is 2.46. The molecule has 21 heavy (non-hydrogen) atoms. The SMILES string of the molecule is Cc1cc(C)c(S(=O)(=O)c2ccc([N+](=O)[O-])cc2)c(C)c1. The van der Waals surface area contributed by atoms with Crippen LogP contribution in [-0.2, 0) is 9.84 Å². The summed E-state index contributed by atoms with van der Waals surface area (Å²) in [4.78, 5) is 10.4. The van der Waals surface area contributed by atoms with Crippen molar-refractivity contribution in [2.45, 2.75) is 30.6 Å². The van der Waals surface area contributed by atoms with Crippen LogP contribution < -0.4 is 0 Å². The Balaban J connectivity index is 2.60. The minimum absolute atomic E-state index is 0.0585. The summed E-state index contributed by atoms with van der Waals surface area (Å²) in [5, 5.41) is 10.6. The molecule has 0 spiro atoms. The Morgan fingerprint density at radius 1 is 0.952 bits per heavy atom. The van der Waals surface area contributed by atoms with Crippen molar-refractivity contribution < 1.29 is 13.3 Å². The second-order valence-corrected chi connectivity index (χ2v) is 6.87. The van der Waals surface area contributed by atoms with Crippen LogP contribution in [0, 0.1) is 30.9 Å². The normalized spacial score (nSPS) is 11.4. The predicted octanol–water partition coefficient (Wildman–Crippen LogP) is 3.35. The van der Waals surface area contributed by atoms with Gasteiger partial charge < -0.3 is 0 Å². The quantitative estimate of drug-likeness (QED) is 0.643. The Morgan fingerprint density at radius 2 is 1.43 bits per heavy atom. The largest absolute Gasteiger partial charge is 0.269 e. The van der Waals surface area contributed by atoms with Crippen molar-refractivity contribution in [2.75, 3.05) is 0 Å². The van der Waals surface area contributed by atoms with Gasteiger partial charge >= 0.3 is 0 Å². The molecule has 0 amide bonds. The third kappa shape index (κ3) is 2.80. The van der Waals surface area contributed by atoms with Gasteiger partial charge in [-0.2, -0.15) is 0 Å². The molecular formula is C15H15NO4S. The number of rotatable bonds is 3. The van der Waals surface area contributed by atoms with E-state index in [4.69, 9.17) is 0 Å². The van der Waals surface area contributed by atoms with Crippen LogP contribution in [0.1, 0.15) is 16.7 Å². The van der Waals surface area contributed by atoms with E-state index >= 15 is 0 Å². The van der Waals surface area contributed by atoms with E-state index in [1.807, 2.05) is 19.1 Å². The molecule has 6 heteroatoms. The van der Waals surface area contributed by atoms with E-state index in [0.717, 1.165) is 5.56 Å². The summed E-state index contributed by atoms with van der Waals surface area (Å²) < 4.78 is 25.4. The number of nitrogens with zero attached hydrogens (tertiary/aromatic N) is 1. The van der Waals surface area contributed by atoms with Crippen LogP contribution in [0.4, 0.5) is 5.69 Å². The fraction of sp³-hybridized carbons (Fsp3) is 0.200. The molecule has 2 aromatic rings. The average molecular weight is 305 g/mol. The van der Waals surface area contributed by atoms with Crippen LogP contribution in [0.5, 0.6) is 0 Å². The van der Waals surface area contributed by atoms with Crippen molar-refractivity contribution in [2.24, 2.45) is 0 Å². The van der Waals surface area contributed by atoms with E-state index in [2.05, 4.69) is 0 Å². The van der Waals surface area contributed by atoms with Gasteiger partial charge in [-0.25, -0.2) is 8.42 Å². The molecule has 0 atom stereocenters. The molecule has 110 valence electrons. The van der Waals surface area contributed by atoms with E-state index in [9.17, 15) is 18.5 Å². The van der Waals surface area contributed by atoms with Gasteiger partial charge in [-0.05, 0) is 44.0 Å². The molecule has 0 N–H and O–H groups in total. The van der Waals surface area contributed by atoms with Crippen LogP contribution in [0.15, 0.2) is 46.2 Å². The molecule has 2 aromatic carbocycles. The molecular weight excluding hydrogens is 290 g/mol. The van der Waals surface area contributed by atoms with E-state index in [1.165, 1.54) is 24.3 Å². The highest BCUT2D eigenvalue weighted by Crippen LogP contribution is 2.28. The van der Waals surface area contributed by atoms with Crippen LogP contribution >= 0.6 is 0 Å². The summed E-state index contributed by atoms with van der Waals surface area (Å²) >= 11 is 0. The molecule has 0 saturated heterocycles. The average Bonchev–Trinajstić information content (AvgIpc) is 2.37. The van der Waals surface area contributed by atoms with Gasteiger partial charge in [0.2, 0.25) is 9.84 Å². The Morgan fingerprint density at radius 3 is 1.86 bits per heavy atom. The van der Waals surface area contributed by atoms with Crippen LogP contribution in [0.2, 0.25) is 0 Å². The number of aryl methyl sites for hydroxylation is 3. The van der Waals surface area contributed by atoms with Gasteiger partial charge in [-0.1, -0.05) is 17.7 Å². The Labute approximate surface area is 123 Å². The lowest BCUT2D eigenvalue weighted by molar-refractivity contribution is -0.384. The van der Waals surface area contributed by atoms with Gasteiger partial charge in [0.05, 0.1) is 14.7 Å². The van der Waals surface area contributed by atoms with Crippen molar-refractivity contribution in [1.29, 1.82) is 0 Å². The standard InChI is InChI=1S/C15H15NO4S/c1-10-8-11(2)15(12(3)9-10)21(19,20)14-6-4-13(5-7-14)16(17)18/h4-9H,1-3H3. The lowest BCUT2D eigenvalue weighted by Crippen LogP contribution is -2.07. The van der Waals surface area contributed by atoms with Gasteiger partial charge in [0.25, 0.3) is 5.69 Å². The number of non-ortho nitro benzene ring substituents is 1. The fourth-order valence-corrected chi connectivity index (χ4v) is 4.15. The first-order chi connectivity index (χ1) is 9.73. The summed E-state index contributed by atoms with van der Waals surface area (Å²) in [6.45, 7) is 5.40. The van der Waals surface area contributed by atoms with E-state index in [1.54, 1.807) is 13.8 Å². The first-order valence-electron chi connectivity index (χ1n) is 6.31. The zero-order valence-corrected chi connectivity index (χ0v) is 12.8. The molecule has 0 heterocycles. The molecule has 0 radical (unpaired) electrons. The molecule has 2 rings (SSSR count). The maximum Gasteiger partial charge on any atom is 0.269 e. The van der Waals surface area contributed by atoms with Crippen molar-refractivity contribution in [3.05, 3.63) is 63.2 Å². The van der Waals surface area contributed by atoms with Crippen molar-refractivity contribution >= 4 is 15.5 Å². The van der Waals surface area contributed by atoms with Crippen LogP contribution in [-0.4, -0.2) is 13.3 Å². The second kappa shape index (κ2) is 5.29. The first-order valence-corrected chi connectivity index (χ1v) is 7.79. The van der Waals surface area contributed by atoms with Gasteiger partial charge in [0.1, 0.15) is 0 Å². The maximum absolute atomic E-state index is 12.7. The lowest BCUT2D eigenvalue weighted by atomic mass is 10.1. The number of hydrogen-bond acceptors (Lipinski definition) is 4. The minimum atomic E-state index is -3.68. The highest BCUT2D eigenvalue weighted by Gasteiger charge is 2.23. The molecule has 0 fully saturated rings. The Kier molecular flexibility index (Phi) is 3.82. The first kappa shape index (κ1) is 15.2. The highest BCUT2D eigenvalue weighted by atomic mass is 32.2. The summed E-state index contributed by atoms with van der Waals surface area (Å²) in [6.07, 6.45) is 0. The Hall–Kier alpha value is -2.21. The summed E-state index contributed by atoms with van der Waals surface area (Å²) in [5.74, 6) is 0. The number of benzene rings is 2. The third-order valence-electron chi connectivity index (χ3n) is 3.23. The topological polar surface area (TPSA) is 77.3 Å². The summed E-state index contributed by atoms with van der Waals surface area (Å²) in [5.41, 5.74) is 2.20. The van der Waals surface area contributed by atoms with Gasteiger partial charge in [0.15, 0.2) is 0 Å². The molecule has 0 saturated carbocycles. The van der Waals surface area contributed by atoms with E-state index < -0.39 is 14.8 Å². The summed E-state index contributed by atoms with van der Waals surface area (Å²) in [7, 11) is -3.68. The lowest BCUT2D eigenvalue weighted by Gasteiger charge is -2.12. The minimum Gasteiger partial charge on any atom is -0.258 e. The van der Waals surface area contributed by atoms with Crippen molar-refractivity contribution in [3.63, 3.8) is 0 Å². The van der Waals surface area contributed by atoms with Crippen LogP contribution in [0.25, 0.3) is 0 Å². The molecule has 0 aliphatic rings. The number of nitro benzene ring substituents is 1. The van der Waals surface area contributed by atoms with Gasteiger partial charge in [-0.3, -0.25) is 10.1 Å². The predicted molar refractivity (Wildman–Crippen MR) is 79.2 cm³/mol. The van der Waals surface area contributed by atoms with E-state index in [0.29, 0.717) is 11.1 Å². The third-order valence-corrected chi connectivity index (χ3v) is 5.31. The molecule has 0 unspecified atom stereocenters. The van der Waals surface area contributed by atoms with E-state index in [-0.39, 0.29) is 15.5 Å². The molecule has 0 aromatic heterocycles. The van der Waals surface area contributed by atoms with Gasteiger partial charge in [0, 0.05) is 12.1 Å². The number of hydrogen-bond donors (Lipinski definition) is 0. The Bertz CT molecular complexity index is 785. The maximum atomic E-state index is 12.7. The second-order valence-electron chi connectivity index (χ2n) is 4.98. The zero-order valence-electron chi connectivity index (χ0n) is 12.0. The monoisotopic (exact) mass is 305 g/mol. The molecule has 5 nitrogen and oxygen atoms in total. The molecule has 0 aliphatic carbocycles.